The summed E-state index contributed by atoms with van der Waals surface area (Å²) in [5.41, 5.74) is 1.35. The highest BCUT2D eigenvalue weighted by Crippen LogP contribution is 2.42. The first-order valence-corrected chi connectivity index (χ1v) is 8.87. The first-order chi connectivity index (χ1) is 12.1. The number of fused-ring (bicyclic) bond motifs is 1. The largest absolute Gasteiger partial charge is 0.393 e. The summed E-state index contributed by atoms with van der Waals surface area (Å²) < 4.78 is 21.4. The number of methoxy groups -OCH3 is 1. The Balaban J connectivity index is 1.52. The fourth-order valence-corrected chi connectivity index (χ4v) is 4.40. The van der Waals surface area contributed by atoms with Crippen LogP contribution in [0, 0.1) is 5.82 Å². The third kappa shape index (κ3) is 2.99. The van der Waals surface area contributed by atoms with Crippen LogP contribution < -0.4 is 0 Å². The third-order valence-corrected chi connectivity index (χ3v) is 5.79. The topological polar surface area (TPSA) is 50.5 Å². The standard InChI is InChI=1S/C19H24FN3O2/c1-25-19-7-6-15(24)10-18(19)22(9-8-19)12-14-11-21-23(13-14)17-5-3-2-4-16(17)20/h2-5,11,13,15,18,24H,6-10,12H2,1H3/t15-,18+,19-/m1/s1. The van der Waals surface area contributed by atoms with Crippen LogP contribution in [0.2, 0.25) is 0 Å². The highest BCUT2D eigenvalue weighted by molar-refractivity contribution is 5.33. The van der Waals surface area contributed by atoms with Gasteiger partial charge in [0.15, 0.2) is 0 Å². The van der Waals surface area contributed by atoms with Gasteiger partial charge in [-0.25, -0.2) is 9.07 Å². The predicted octanol–water partition coefficient (Wildman–Crippen LogP) is 2.52. The van der Waals surface area contributed by atoms with Crippen molar-refractivity contribution in [3.63, 3.8) is 0 Å². The summed E-state index contributed by atoms with van der Waals surface area (Å²) in [6.07, 6.45) is 6.86. The van der Waals surface area contributed by atoms with Crippen LogP contribution in [0.15, 0.2) is 36.7 Å². The molecule has 6 heteroatoms. The van der Waals surface area contributed by atoms with Gasteiger partial charge in [-0.2, -0.15) is 5.10 Å². The molecular weight excluding hydrogens is 321 g/mol. The molecule has 1 saturated carbocycles. The Bertz CT molecular complexity index is 750. The number of halogens is 1. The molecule has 1 aliphatic heterocycles. The number of aromatic nitrogens is 2. The molecule has 4 rings (SSSR count). The Morgan fingerprint density at radius 1 is 1.36 bits per heavy atom. The maximum atomic E-state index is 13.9. The van der Waals surface area contributed by atoms with E-state index in [1.54, 1.807) is 36.2 Å². The van der Waals surface area contributed by atoms with Crippen LogP contribution in [0.1, 0.15) is 31.2 Å². The van der Waals surface area contributed by atoms with Crippen molar-refractivity contribution >= 4 is 0 Å². The van der Waals surface area contributed by atoms with Gasteiger partial charge in [0.05, 0.1) is 17.9 Å². The molecule has 1 N–H and O–H groups in total. The van der Waals surface area contributed by atoms with Gasteiger partial charge in [0.2, 0.25) is 0 Å². The van der Waals surface area contributed by atoms with Crippen molar-refractivity contribution in [2.45, 2.75) is 50.0 Å². The maximum absolute atomic E-state index is 13.9. The summed E-state index contributed by atoms with van der Waals surface area (Å²) in [6, 6.07) is 6.85. The summed E-state index contributed by atoms with van der Waals surface area (Å²) in [5, 5.41) is 14.4. The zero-order chi connectivity index (χ0) is 17.4. The van der Waals surface area contributed by atoms with Crippen molar-refractivity contribution < 1.29 is 14.2 Å². The van der Waals surface area contributed by atoms with Crippen LogP contribution in [-0.4, -0.2) is 51.2 Å². The van der Waals surface area contributed by atoms with Crippen LogP contribution in [0.3, 0.4) is 0 Å². The summed E-state index contributed by atoms with van der Waals surface area (Å²) in [5.74, 6) is -0.285. The minimum absolute atomic E-state index is 0.138. The number of nitrogens with zero attached hydrogens (tertiary/aromatic N) is 3. The van der Waals surface area contributed by atoms with Crippen molar-refractivity contribution in [1.82, 2.24) is 14.7 Å². The zero-order valence-electron chi connectivity index (χ0n) is 14.4. The van der Waals surface area contributed by atoms with Crippen LogP contribution in [0.5, 0.6) is 0 Å². The molecule has 0 unspecified atom stereocenters. The molecule has 1 aromatic carbocycles. The first kappa shape index (κ1) is 16.7. The lowest BCUT2D eigenvalue weighted by atomic mass is 9.79. The van der Waals surface area contributed by atoms with Crippen molar-refractivity contribution in [3.05, 3.63) is 48.0 Å². The fourth-order valence-electron chi connectivity index (χ4n) is 4.40. The predicted molar refractivity (Wildman–Crippen MR) is 91.9 cm³/mol. The third-order valence-electron chi connectivity index (χ3n) is 5.79. The van der Waals surface area contributed by atoms with Crippen LogP contribution in [0.4, 0.5) is 4.39 Å². The molecular formula is C19H24FN3O2. The van der Waals surface area contributed by atoms with Gasteiger partial charge in [-0.3, -0.25) is 4.90 Å². The summed E-state index contributed by atoms with van der Waals surface area (Å²) in [4.78, 5) is 2.37. The van der Waals surface area contributed by atoms with Gasteiger partial charge in [0.1, 0.15) is 11.5 Å². The van der Waals surface area contributed by atoms with E-state index < -0.39 is 0 Å². The van der Waals surface area contributed by atoms with Gasteiger partial charge >= 0.3 is 0 Å². The van der Waals surface area contributed by atoms with E-state index in [1.807, 2.05) is 6.20 Å². The average Bonchev–Trinajstić information content (AvgIpc) is 3.22. The second-order valence-corrected chi connectivity index (χ2v) is 7.18. The molecule has 3 atom stereocenters. The molecule has 0 amide bonds. The zero-order valence-corrected chi connectivity index (χ0v) is 14.4. The van der Waals surface area contributed by atoms with E-state index in [1.165, 1.54) is 6.07 Å². The molecule has 2 fully saturated rings. The number of rotatable bonds is 4. The second kappa shape index (κ2) is 6.52. The molecule has 0 bridgehead atoms. The Hall–Kier alpha value is -1.76. The van der Waals surface area contributed by atoms with Gasteiger partial charge in [0.25, 0.3) is 0 Å². The molecule has 2 aliphatic rings. The van der Waals surface area contributed by atoms with Gasteiger partial charge in [0, 0.05) is 38.0 Å². The van der Waals surface area contributed by atoms with Gasteiger partial charge < -0.3 is 9.84 Å². The summed E-state index contributed by atoms with van der Waals surface area (Å²) in [6.45, 7) is 1.67. The molecule has 5 nitrogen and oxygen atoms in total. The Morgan fingerprint density at radius 2 is 2.20 bits per heavy atom. The lowest BCUT2D eigenvalue weighted by Crippen LogP contribution is -2.51. The lowest BCUT2D eigenvalue weighted by molar-refractivity contribution is -0.0879. The molecule has 1 saturated heterocycles. The number of benzene rings is 1. The van der Waals surface area contributed by atoms with E-state index >= 15 is 0 Å². The second-order valence-electron chi connectivity index (χ2n) is 7.18. The monoisotopic (exact) mass is 345 g/mol. The highest BCUT2D eigenvalue weighted by atomic mass is 19.1. The Morgan fingerprint density at radius 3 is 3.00 bits per heavy atom. The highest BCUT2D eigenvalue weighted by Gasteiger charge is 2.50. The Labute approximate surface area is 147 Å². The number of aliphatic hydroxyl groups is 1. The molecule has 0 spiro atoms. The van der Waals surface area contributed by atoms with Gasteiger partial charge in [-0.15, -0.1) is 0 Å². The number of para-hydroxylation sites is 1. The smallest absolute Gasteiger partial charge is 0.148 e. The quantitative estimate of drug-likeness (QED) is 0.925. The fraction of sp³-hybridized carbons (Fsp3) is 0.526. The van der Waals surface area contributed by atoms with Crippen molar-refractivity contribution in [2.24, 2.45) is 0 Å². The SMILES string of the molecule is CO[C@@]12CC[C@@H](O)C[C@@H]1N(Cc1cnn(-c3ccccc3F)c1)CC2. The molecule has 2 aromatic rings. The number of hydrogen-bond acceptors (Lipinski definition) is 4. The molecule has 0 radical (unpaired) electrons. The maximum Gasteiger partial charge on any atom is 0.148 e. The van der Waals surface area contributed by atoms with Crippen molar-refractivity contribution in [3.8, 4) is 5.69 Å². The van der Waals surface area contributed by atoms with Crippen molar-refractivity contribution in [1.29, 1.82) is 0 Å². The van der Waals surface area contributed by atoms with E-state index in [9.17, 15) is 9.50 Å². The lowest BCUT2D eigenvalue weighted by Gasteiger charge is -2.42. The van der Waals surface area contributed by atoms with E-state index in [2.05, 4.69) is 10.00 Å². The van der Waals surface area contributed by atoms with Crippen LogP contribution in [-0.2, 0) is 11.3 Å². The molecule has 1 aromatic heterocycles. The minimum atomic E-state index is -0.285. The van der Waals surface area contributed by atoms with Crippen molar-refractivity contribution in [2.75, 3.05) is 13.7 Å². The molecule has 2 heterocycles. The van der Waals surface area contributed by atoms with Crippen LogP contribution >= 0.6 is 0 Å². The van der Waals surface area contributed by atoms with E-state index in [0.29, 0.717) is 5.69 Å². The van der Waals surface area contributed by atoms with E-state index in [0.717, 1.165) is 44.3 Å². The number of hydrogen-bond donors (Lipinski definition) is 1. The number of ether oxygens (including phenoxy) is 1. The Kier molecular flexibility index (Phi) is 4.35. The first-order valence-electron chi connectivity index (χ1n) is 8.87. The van der Waals surface area contributed by atoms with E-state index in [-0.39, 0.29) is 23.6 Å². The van der Waals surface area contributed by atoms with E-state index in [4.69, 9.17) is 4.74 Å². The molecule has 1 aliphatic carbocycles. The summed E-state index contributed by atoms with van der Waals surface area (Å²) in [7, 11) is 1.78. The molecule has 25 heavy (non-hydrogen) atoms. The molecule has 134 valence electrons. The minimum Gasteiger partial charge on any atom is -0.393 e. The van der Waals surface area contributed by atoms with Crippen LogP contribution in [0.25, 0.3) is 5.69 Å². The van der Waals surface area contributed by atoms with Gasteiger partial charge in [-0.1, -0.05) is 12.1 Å². The normalized spacial score (nSPS) is 29.7. The summed E-state index contributed by atoms with van der Waals surface area (Å²) >= 11 is 0. The van der Waals surface area contributed by atoms with Gasteiger partial charge in [-0.05, 0) is 37.8 Å². The average molecular weight is 345 g/mol. The number of aliphatic hydroxyl groups excluding tert-OH is 1. The number of likely N-dealkylation sites (tertiary alicyclic amines) is 1.